The fourth-order valence-corrected chi connectivity index (χ4v) is 3.15. The summed E-state index contributed by atoms with van der Waals surface area (Å²) in [7, 11) is 1.71. The van der Waals surface area contributed by atoms with Crippen LogP contribution in [0.3, 0.4) is 0 Å². The first kappa shape index (κ1) is 16.8. The zero-order valence-corrected chi connectivity index (χ0v) is 14.7. The lowest BCUT2D eigenvalue weighted by Crippen LogP contribution is -2.40. The third-order valence-corrected chi connectivity index (χ3v) is 4.58. The second-order valence-corrected chi connectivity index (χ2v) is 6.52. The Balaban J connectivity index is 1.61. The van der Waals surface area contributed by atoms with E-state index < -0.39 is 0 Å². The van der Waals surface area contributed by atoms with E-state index in [0.29, 0.717) is 16.5 Å². The standard InChI is InChI=1S/C18H21ClFN3O/c1-10-7-8-16(24-10)11(2)22-18(21-3)23-15-9-12(15)17-13(19)5-4-6-14(17)20/h4-8,11-12,15H,9H2,1-3H3,(H2,21,22,23). The van der Waals surface area contributed by atoms with E-state index in [4.69, 9.17) is 16.0 Å². The summed E-state index contributed by atoms with van der Waals surface area (Å²) in [5.41, 5.74) is 0.585. The average molecular weight is 350 g/mol. The molecule has 0 amide bonds. The molecule has 128 valence electrons. The van der Waals surface area contributed by atoms with Gasteiger partial charge in [-0.25, -0.2) is 4.39 Å². The Morgan fingerprint density at radius 1 is 1.38 bits per heavy atom. The molecule has 1 aliphatic rings. The van der Waals surface area contributed by atoms with Gasteiger partial charge in [-0.2, -0.15) is 0 Å². The number of halogens is 2. The first-order valence-electron chi connectivity index (χ1n) is 7.99. The van der Waals surface area contributed by atoms with Gasteiger partial charge in [-0.3, -0.25) is 4.99 Å². The van der Waals surface area contributed by atoms with Gasteiger partial charge in [0.25, 0.3) is 0 Å². The average Bonchev–Trinajstić information content (AvgIpc) is 3.14. The van der Waals surface area contributed by atoms with Crippen LogP contribution in [0.5, 0.6) is 0 Å². The van der Waals surface area contributed by atoms with Gasteiger partial charge in [0.15, 0.2) is 5.96 Å². The molecule has 2 N–H and O–H groups in total. The molecule has 1 aromatic heterocycles. The molecule has 3 unspecified atom stereocenters. The Kier molecular flexibility index (Phi) is 4.81. The lowest BCUT2D eigenvalue weighted by atomic mass is 10.1. The molecule has 0 spiro atoms. The van der Waals surface area contributed by atoms with Crippen LogP contribution < -0.4 is 10.6 Å². The molecule has 1 heterocycles. The van der Waals surface area contributed by atoms with Crippen molar-refractivity contribution in [3.8, 4) is 0 Å². The van der Waals surface area contributed by atoms with E-state index in [1.807, 2.05) is 26.0 Å². The first-order chi connectivity index (χ1) is 11.5. The van der Waals surface area contributed by atoms with Gasteiger partial charge >= 0.3 is 0 Å². The monoisotopic (exact) mass is 349 g/mol. The van der Waals surface area contributed by atoms with E-state index in [1.165, 1.54) is 6.07 Å². The molecule has 0 saturated heterocycles. The Labute approximate surface area is 146 Å². The molecule has 3 rings (SSSR count). The molecular weight excluding hydrogens is 329 g/mol. The zero-order valence-electron chi connectivity index (χ0n) is 13.9. The van der Waals surface area contributed by atoms with Gasteiger partial charge < -0.3 is 15.1 Å². The van der Waals surface area contributed by atoms with Crippen LogP contribution in [0.4, 0.5) is 4.39 Å². The highest BCUT2D eigenvalue weighted by Crippen LogP contribution is 2.44. The third-order valence-electron chi connectivity index (χ3n) is 4.25. The molecule has 24 heavy (non-hydrogen) atoms. The predicted octanol–water partition coefficient (Wildman–Crippen LogP) is 4.16. The van der Waals surface area contributed by atoms with Crippen molar-refractivity contribution in [3.05, 3.63) is 58.3 Å². The number of hydrogen-bond acceptors (Lipinski definition) is 2. The van der Waals surface area contributed by atoms with Gasteiger partial charge in [0.1, 0.15) is 17.3 Å². The van der Waals surface area contributed by atoms with Crippen molar-refractivity contribution < 1.29 is 8.81 Å². The van der Waals surface area contributed by atoms with Crippen molar-refractivity contribution in [3.63, 3.8) is 0 Å². The van der Waals surface area contributed by atoms with Gasteiger partial charge in [0.2, 0.25) is 0 Å². The van der Waals surface area contributed by atoms with E-state index in [9.17, 15) is 4.39 Å². The first-order valence-corrected chi connectivity index (χ1v) is 8.37. The molecule has 1 aromatic carbocycles. The van der Waals surface area contributed by atoms with Gasteiger partial charge in [0.05, 0.1) is 6.04 Å². The molecule has 0 aliphatic heterocycles. The maximum absolute atomic E-state index is 14.0. The smallest absolute Gasteiger partial charge is 0.191 e. The zero-order chi connectivity index (χ0) is 17.3. The number of guanidine groups is 1. The van der Waals surface area contributed by atoms with Crippen LogP contribution in [-0.2, 0) is 0 Å². The minimum Gasteiger partial charge on any atom is -0.464 e. The number of rotatable bonds is 4. The summed E-state index contributed by atoms with van der Waals surface area (Å²) in [6.07, 6.45) is 0.829. The van der Waals surface area contributed by atoms with Crippen molar-refractivity contribution in [2.24, 2.45) is 4.99 Å². The summed E-state index contributed by atoms with van der Waals surface area (Å²) >= 11 is 6.14. The minimum atomic E-state index is -0.251. The number of benzene rings is 1. The second kappa shape index (κ2) is 6.85. The van der Waals surface area contributed by atoms with Crippen molar-refractivity contribution in [2.45, 2.75) is 38.3 Å². The molecule has 1 aliphatic carbocycles. The number of furan rings is 1. The highest BCUT2D eigenvalue weighted by atomic mass is 35.5. The summed E-state index contributed by atoms with van der Waals surface area (Å²) in [5.74, 6) is 2.20. The third kappa shape index (κ3) is 3.56. The molecular formula is C18H21ClFN3O. The quantitative estimate of drug-likeness (QED) is 0.643. The molecule has 2 aromatic rings. The molecule has 3 atom stereocenters. The fraction of sp³-hybridized carbons (Fsp3) is 0.389. The fourth-order valence-electron chi connectivity index (χ4n) is 2.85. The van der Waals surface area contributed by atoms with E-state index in [-0.39, 0.29) is 23.8 Å². The van der Waals surface area contributed by atoms with Crippen LogP contribution in [0, 0.1) is 12.7 Å². The molecule has 0 bridgehead atoms. The van der Waals surface area contributed by atoms with E-state index in [0.717, 1.165) is 17.9 Å². The Hall–Kier alpha value is -2.01. The SMILES string of the molecule is CN=C(NC(C)c1ccc(C)o1)NC1CC1c1c(F)cccc1Cl. The lowest BCUT2D eigenvalue weighted by Gasteiger charge is -2.16. The molecule has 0 radical (unpaired) electrons. The summed E-state index contributed by atoms with van der Waals surface area (Å²) in [4.78, 5) is 4.24. The summed E-state index contributed by atoms with van der Waals surface area (Å²) in [6.45, 7) is 3.92. The maximum atomic E-state index is 14.0. The number of nitrogens with one attached hydrogen (secondary N) is 2. The number of hydrogen-bond donors (Lipinski definition) is 2. The second-order valence-electron chi connectivity index (χ2n) is 6.12. The van der Waals surface area contributed by atoms with Crippen LogP contribution in [0.2, 0.25) is 5.02 Å². The van der Waals surface area contributed by atoms with E-state index in [2.05, 4.69) is 15.6 Å². The highest BCUT2D eigenvalue weighted by Gasteiger charge is 2.42. The molecule has 1 fully saturated rings. The van der Waals surface area contributed by atoms with Crippen molar-refractivity contribution in [2.75, 3.05) is 7.05 Å². The summed E-state index contributed by atoms with van der Waals surface area (Å²) in [6, 6.07) is 8.78. The molecule has 1 saturated carbocycles. The van der Waals surface area contributed by atoms with E-state index >= 15 is 0 Å². The summed E-state index contributed by atoms with van der Waals surface area (Å²) in [5, 5.41) is 7.09. The largest absolute Gasteiger partial charge is 0.464 e. The van der Waals surface area contributed by atoms with Crippen LogP contribution in [0.1, 0.15) is 42.4 Å². The number of aryl methyl sites for hydroxylation is 1. The van der Waals surface area contributed by atoms with Crippen LogP contribution >= 0.6 is 11.6 Å². The highest BCUT2D eigenvalue weighted by molar-refractivity contribution is 6.31. The van der Waals surface area contributed by atoms with E-state index in [1.54, 1.807) is 19.2 Å². The normalized spacial score (nSPS) is 21.5. The van der Waals surface area contributed by atoms with Crippen molar-refractivity contribution >= 4 is 17.6 Å². The lowest BCUT2D eigenvalue weighted by molar-refractivity contribution is 0.441. The van der Waals surface area contributed by atoms with Gasteiger partial charge in [0, 0.05) is 29.6 Å². The van der Waals surface area contributed by atoms with Crippen molar-refractivity contribution in [1.82, 2.24) is 10.6 Å². The number of aliphatic imine (C=N–C) groups is 1. The Morgan fingerprint density at radius 2 is 2.17 bits per heavy atom. The number of nitrogens with zero attached hydrogens (tertiary/aromatic N) is 1. The predicted molar refractivity (Wildman–Crippen MR) is 94.0 cm³/mol. The summed E-state index contributed by atoms with van der Waals surface area (Å²) < 4.78 is 19.6. The maximum Gasteiger partial charge on any atom is 0.191 e. The Morgan fingerprint density at radius 3 is 2.79 bits per heavy atom. The minimum absolute atomic E-state index is 0.0147. The van der Waals surface area contributed by atoms with Gasteiger partial charge in [-0.05, 0) is 44.5 Å². The van der Waals surface area contributed by atoms with Crippen LogP contribution in [0.25, 0.3) is 0 Å². The van der Waals surface area contributed by atoms with Crippen molar-refractivity contribution in [1.29, 1.82) is 0 Å². The van der Waals surface area contributed by atoms with Gasteiger partial charge in [-0.15, -0.1) is 0 Å². The van der Waals surface area contributed by atoms with Crippen LogP contribution in [0.15, 0.2) is 39.7 Å². The van der Waals surface area contributed by atoms with Gasteiger partial charge in [-0.1, -0.05) is 17.7 Å². The molecule has 4 nitrogen and oxygen atoms in total. The topological polar surface area (TPSA) is 49.6 Å². The van der Waals surface area contributed by atoms with Crippen LogP contribution in [-0.4, -0.2) is 19.0 Å². The molecule has 6 heteroatoms. The Bertz CT molecular complexity index is 738.